The molecule has 4 nitrogen and oxygen atoms in total. The molecule has 1 unspecified atom stereocenters. The highest BCUT2D eigenvalue weighted by molar-refractivity contribution is 5.89. The normalized spacial score (nSPS) is 21.0. The Bertz CT molecular complexity index is 893. The summed E-state index contributed by atoms with van der Waals surface area (Å²) >= 11 is 0. The molecule has 1 atom stereocenters. The van der Waals surface area contributed by atoms with Gasteiger partial charge in [-0.25, -0.2) is 13.8 Å². The van der Waals surface area contributed by atoms with Crippen molar-refractivity contribution in [3.63, 3.8) is 0 Å². The molecule has 1 aromatic carbocycles. The van der Waals surface area contributed by atoms with Gasteiger partial charge >= 0.3 is 0 Å². The Morgan fingerprint density at radius 3 is 2.61 bits per heavy atom. The number of hydrogen-bond donors (Lipinski definition) is 0. The number of allylic oxidation sites excluding steroid dienone is 1. The molecule has 1 fully saturated rings. The van der Waals surface area contributed by atoms with Crippen molar-refractivity contribution < 1.29 is 8.78 Å². The van der Waals surface area contributed by atoms with Crippen molar-refractivity contribution >= 4 is 17.7 Å². The lowest BCUT2D eigenvalue weighted by Crippen LogP contribution is -2.37. The Balaban J connectivity index is 1.88. The van der Waals surface area contributed by atoms with Crippen LogP contribution in [0.25, 0.3) is 11.1 Å². The number of rotatable bonds is 4. The van der Waals surface area contributed by atoms with Gasteiger partial charge in [0.2, 0.25) is 0 Å². The summed E-state index contributed by atoms with van der Waals surface area (Å²) in [6.45, 7) is 4.20. The smallest absolute Gasteiger partial charge is 0.266 e. The fourth-order valence-corrected chi connectivity index (χ4v) is 3.83. The molecule has 1 saturated heterocycles. The van der Waals surface area contributed by atoms with Crippen LogP contribution in [0, 0.1) is 5.92 Å². The number of alkyl halides is 2. The molecular formula is C22H24F2N4. The molecular weight excluding hydrogens is 358 g/mol. The van der Waals surface area contributed by atoms with Crippen LogP contribution in [-0.4, -0.2) is 36.4 Å². The van der Waals surface area contributed by atoms with Gasteiger partial charge in [0.25, 0.3) is 5.92 Å². The average molecular weight is 382 g/mol. The summed E-state index contributed by atoms with van der Waals surface area (Å²) in [6, 6.07) is 11.9. The molecule has 2 aliphatic rings. The summed E-state index contributed by atoms with van der Waals surface area (Å²) in [5.41, 5.74) is 2.82. The third-order valence-corrected chi connectivity index (χ3v) is 5.17. The van der Waals surface area contributed by atoms with Crippen molar-refractivity contribution in [2.45, 2.75) is 32.4 Å². The fourth-order valence-electron chi connectivity index (χ4n) is 3.83. The zero-order valence-electron chi connectivity index (χ0n) is 16.1. The van der Waals surface area contributed by atoms with Crippen LogP contribution in [0.3, 0.4) is 0 Å². The monoisotopic (exact) mass is 382 g/mol. The molecule has 0 aliphatic carbocycles. The quantitative estimate of drug-likeness (QED) is 0.747. The maximum atomic E-state index is 14.0. The van der Waals surface area contributed by atoms with Gasteiger partial charge in [-0.1, -0.05) is 44.2 Å². The fraction of sp³-hybridized carbons (Fsp3) is 0.364. The largest absolute Gasteiger partial charge is 0.349 e. The Morgan fingerprint density at radius 1 is 1.14 bits per heavy atom. The van der Waals surface area contributed by atoms with Crippen molar-refractivity contribution in [1.29, 1.82) is 0 Å². The van der Waals surface area contributed by atoms with Gasteiger partial charge < -0.3 is 9.80 Å². The van der Waals surface area contributed by atoms with Gasteiger partial charge in [0, 0.05) is 37.1 Å². The van der Waals surface area contributed by atoms with Crippen LogP contribution in [0.4, 0.5) is 20.3 Å². The highest BCUT2D eigenvalue weighted by Gasteiger charge is 2.40. The Labute approximate surface area is 164 Å². The highest BCUT2D eigenvalue weighted by atomic mass is 19.3. The van der Waals surface area contributed by atoms with Gasteiger partial charge in [-0.15, -0.1) is 0 Å². The highest BCUT2D eigenvalue weighted by Crippen LogP contribution is 2.42. The lowest BCUT2D eigenvalue weighted by Gasteiger charge is -2.36. The predicted molar refractivity (Wildman–Crippen MR) is 110 cm³/mol. The minimum absolute atomic E-state index is 0.112. The number of aliphatic imine (C=N–C) groups is 1. The van der Waals surface area contributed by atoms with E-state index in [0.717, 1.165) is 16.8 Å². The third kappa shape index (κ3) is 3.51. The summed E-state index contributed by atoms with van der Waals surface area (Å²) in [7, 11) is 0. The molecule has 0 N–H and O–H groups in total. The van der Waals surface area contributed by atoms with Crippen molar-refractivity contribution in [3.8, 4) is 11.1 Å². The standard InChI is InChI=1S/C22H24F2N4/c1-16(2)20-25-11-6-13-28(20)19-18(17-7-4-3-5-8-17)9-12-26-21(19)27-14-10-22(23,24)15-27/h3-9,11-13,16,20H,10,14-15H2,1-2H3. The van der Waals surface area contributed by atoms with E-state index in [9.17, 15) is 8.78 Å². The van der Waals surface area contributed by atoms with Gasteiger partial charge in [-0.2, -0.15) is 0 Å². The van der Waals surface area contributed by atoms with Crippen LogP contribution < -0.4 is 9.80 Å². The molecule has 2 aliphatic heterocycles. The molecule has 3 heterocycles. The molecule has 0 saturated carbocycles. The Kier molecular flexibility index (Phi) is 4.87. The van der Waals surface area contributed by atoms with Gasteiger partial charge in [0.05, 0.1) is 12.2 Å². The van der Waals surface area contributed by atoms with E-state index in [2.05, 4.69) is 28.7 Å². The molecule has 28 heavy (non-hydrogen) atoms. The lowest BCUT2D eigenvalue weighted by molar-refractivity contribution is 0.0257. The van der Waals surface area contributed by atoms with Crippen LogP contribution in [-0.2, 0) is 0 Å². The van der Waals surface area contributed by atoms with E-state index in [4.69, 9.17) is 0 Å². The number of halogens is 2. The minimum atomic E-state index is -2.69. The summed E-state index contributed by atoms with van der Waals surface area (Å²) in [5.74, 6) is -1.85. The number of hydrogen-bond acceptors (Lipinski definition) is 4. The van der Waals surface area contributed by atoms with Gasteiger partial charge in [0.1, 0.15) is 6.17 Å². The Hall–Kier alpha value is -2.76. The number of aromatic nitrogens is 1. The number of benzene rings is 1. The van der Waals surface area contributed by atoms with E-state index < -0.39 is 5.92 Å². The number of anilines is 2. The topological polar surface area (TPSA) is 31.7 Å². The maximum Gasteiger partial charge on any atom is 0.266 e. The summed E-state index contributed by atoms with van der Waals surface area (Å²) in [5, 5.41) is 0. The first kappa shape index (κ1) is 18.6. The van der Waals surface area contributed by atoms with Crippen molar-refractivity contribution in [3.05, 3.63) is 54.9 Å². The Morgan fingerprint density at radius 2 is 1.93 bits per heavy atom. The summed E-state index contributed by atoms with van der Waals surface area (Å²) in [4.78, 5) is 13.0. The molecule has 0 radical (unpaired) electrons. The molecule has 0 bridgehead atoms. The van der Waals surface area contributed by atoms with Crippen LogP contribution in [0.5, 0.6) is 0 Å². The second kappa shape index (κ2) is 7.34. The first-order valence-corrected chi connectivity index (χ1v) is 9.62. The van der Waals surface area contributed by atoms with Crippen LogP contribution >= 0.6 is 0 Å². The molecule has 1 aromatic heterocycles. The second-order valence-corrected chi connectivity index (χ2v) is 7.63. The van der Waals surface area contributed by atoms with E-state index in [1.165, 1.54) is 0 Å². The minimum Gasteiger partial charge on any atom is -0.349 e. The van der Waals surface area contributed by atoms with Gasteiger partial charge in [-0.05, 0) is 23.6 Å². The maximum absolute atomic E-state index is 14.0. The third-order valence-electron chi connectivity index (χ3n) is 5.17. The van der Waals surface area contributed by atoms with Crippen molar-refractivity contribution in [1.82, 2.24) is 4.98 Å². The first-order chi connectivity index (χ1) is 13.5. The molecule has 2 aromatic rings. The predicted octanol–water partition coefficient (Wildman–Crippen LogP) is 4.98. The summed E-state index contributed by atoms with van der Waals surface area (Å²) < 4.78 is 27.9. The lowest BCUT2D eigenvalue weighted by atomic mass is 10.0. The number of pyridine rings is 1. The van der Waals surface area contributed by atoms with E-state index in [0.29, 0.717) is 12.4 Å². The van der Waals surface area contributed by atoms with Crippen molar-refractivity contribution in [2.75, 3.05) is 22.9 Å². The van der Waals surface area contributed by atoms with E-state index in [-0.39, 0.29) is 25.0 Å². The van der Waals surface area contributed by atoms with Crippen LogP contribution in [0.15, 0.2) is 59.9 Å². The van der Waals surface area contributed by atoms with Gasteiger partial charge in [-0.3, -0.25) is 4.99 Å². The van der Waals surface area contributed by atoms with Gasteiger partial charge in [0.15, 0.2) is 5.82 Å². The SMILES string of the molecule is CC(C)C1N=CC=CN1c1c(-c2ccccc2)ccnc1N1CCC(F)(F)C1. The molecule has 0 spiro atoms. The van der Waals surface area contributed by atoms with E-state index in [1.807, 2.05) is 48.7 Å². The van der Waals surface area contributed by atoms with Crippen molar-refractivity contribution in [2.24, 2.45) is 10.9 Å². The summed E-state index contributed by atoms with van der Waals surface area (Å²) in [6.07, 6.45) is 7.09. The van der Waals surface area contributed by atoms with E-state index >= 15 is 0 Å². The number of nitrogens with zero attached hydrogens (tertiary/aromatic N) is 4. The molecule has 4 rings (SSSR count). The molecule has 146 valence electrons. The zero-order chi connectivity index (χ0) is 19.7. The average Bonchev–Trinajstić information content (AvgIpc) is 3.07. The zero-order valence-corrected chi connectivity index (χ0v) is 16.1. The van der Waals surface area contributed by atoms with E-state index in [1.54, 1.807) is 17.3 Å². The van der Waals surface area contributed by atoms with Crippen LogP contribution in [0.1, 0.15) is 20.3 Å². The van der Waals surface area contributed by atoms with Crippen LogP contribution in [0.2, 0.25) is 0 Å². The molecule has 0 amide bonds. The second-order valence-electron chi connectivity index (χ2n) is 7.63. The molecule has 6 heteroatoms. The first-order valence-electron chi connectivity index (χ1n) is 9.62.